The third kappa shape index (κ3) is 3.50. The summed E-state index contributed by atoms with van der Waals surface area (Å²) in [5.74, 6) is 0.838. The van der Waals surface area contributed by atoms with Crippen LogP contribution >= 0.6 is 15.9 Å². The number of aryl methyl sites for hydroxylation is 1. The van der Waals surface area contributed by atoms with Crippen LogP contribution in [0.15, 0.2) is 35.2 Å². The highest BCUT2D eigenvalue weighted by atomic mass is 79.9. The molecule has 0 saturated carbocycles. The number of nitrogens with one attached hydrogen (secondary N) is 1. The summed E-state index contributed by atoms with van der Waals surface area (Å²) in [6, 6.07) is 5.92. The molecule has 2 aromatic rings. The molecule has 0 amide bonds. The van der Waals surface area contributed by atoms with Crippen LogP contribution in [0.1, 0.15) is 19.0 Å². The van der Waals surface area contributed by atoms with Gasteiger partial charge in [-0.15, -0.1) is 0 Å². The number of ether oxygens (including phenoxy) is 1. The zero-order valence-corrected chi connectivity index (χ0v) is 12.8. The Morgan fingerprint density at radius 2 is 2.26 bits per heavy atom. The second-order valence-corrected chi connectivity index (χ2v) is 5.19. The van der Waals surface area contributed by atoms with Crippen molar-refractivity contribution in [3.8, 4) is 5.75 Å². The summed E-state index contributed by atoms with van der Waals surface area (Å²) in [5, 5.41) is 3.39. The van der Waals surface area contributed by atoms with Crippen LogP contribution in [0.3, 0.4) is 0 Å². The summed E-state index contributed by atoms with van der Waals surface area (Å²) in [6.45, 7) is 3.88. The normalized spacial score (nSPS) is 10.5. The van der Waals surface area contributed by atoms with Crippen LogP contribution < -0.4 is 10.1 Å². The first-order chi connectivity index (χ1) is 9.24. The summed E-state index contributed by atoms with van der Waals surface area (Å²) in [7, 11) is 1.68. The Kier molecular flexibility index (Phi) is 4.85. The summed E-state index contributed by atoms with van der Waals surface area (Å²) >= 11 is 3.47. The minimum atomic E-state index is 0.729. The molecule has 0 atom stereocenters. The van der Waals surface area contributed by atoms with E-state index in [2.05, 4.69) is 37.7 Å². The molecular formula is C14H18BrN3O. The van der Waals surface area contributed by atoms with Crippen LogP contribution in [-0.4, -0.2) is 16.7 Å². The number of hydrogen-bond acceptors (Lipinski definition) is 3. The van der Waals surface area contributed by atoms with Crippen LogP contribution in [0.25, 0.3) is 0 Å². The molecule has 1 aromatic carbocycles. The van der Waals surface area contributed by atoms with Crippen molar-refractivity contribution in [1.29, 1.82) is 0 Å². The second-order valence-electron chi connectivity index (χ2n) is 4.28. The summed E-state index contributed by atoms with van der Waals surface area (Å²) in [4.78, 5) is 4.20. The Bertz CT molecular complexity index is 539. The monoisotopic (exact) mass is 323 g/mol. The molecule has 5 heteroatoms. The molecule has 0 saturated heterocycles. The fourth-order valence-corrected chi connectivity index (χ4v) is 2.30. The van der Waals surface area contributed by atoms with E-state index in [9.17, 15) is 0 Å². The van der Waals surface area contributed by atoms with Crippen molar-refractivity contribution in [1.82, 2.24) is 9.55 Å². The third-order valence-corrected chi connectivity index (χ3v) is 3.38. The van der Waals surface area contributed by atoms with Gasteiger partial charge in [-0.05, 0) is 24.6 Å². The van der Waals surface area contributed by atoms with E-state index in [1.54, 1.807) is 7.11 Å². The molecule has 102 valence electrons. The standard InChI is InChI=1S/C14H18BrN3O/c1-3-6-18-10-16-8-12(18)9-17-13-7-11(15)4-5-14(13)19-2/h4-5,7-8,10,17H,3,6,9H2,1-2H3. The molecule has 19 heavy (non-hydrogen) atoms. The van der Waals surface area contributed by atoms with Crippen molar-refractivity contribution >= 4 is 21.6 Å². The van der Waals surface area contributed by atoms with Gasteiger partial charge in [0.2, 0.25) is 0 Å². The van der Waals surface area contributed by atoms with E-state index in [0.717, 1.165) is 35.4 Å². The predicted octanol–water partition coefficient (Wildman–Crippen LogP) is 3.68. The first kappa shape index (κ1) is 13.9. The number of benzene rings is 1. The number of anilines is 1. The van der Waals surface area contributed by atoms with Crippen LogP contribution in [0.4, 0.5) is 5.69 Å². The van der Waals surface area contributed by atoms with Gasteiger partial charge >= 0.3 is 0 Å². The maximum absolute atomic E-state index is 5.34. The summed E-state index contributed by atoms with van der Waals surface area (Å²) in [6.07, 6.45) is 4.87. The lowest BCUT2D eigenvalue weighted by Crippen LogP contribution is -2.07. The van der Waals surface area contributed by atoms with E-state index in [0.29, 0.717) is 0 Å². The number of imidazole rings is 1. The molecule has 0 unspecified atom stereocenters. The maximum Gasteiger partial charge on any atom is 0.142 e. The van der Waals surface area contributed by atoms with Gasteiger partial charge in [-0.2, -0.15) is 0 Å². The maximum atomic E-state index is 5.34. The van der Waals surface area contributed by atoms with Crippen LogP contribution in [0.2, 0.25) is 0 Å². The zero-order valence-electron chi connectivity index (χ0n) is 11.2. The number of rotatable bonds is 6. The lowest BCUT2D eigenvalue weighted by Gasteiger charge is -2.12. The van der Waals surface area contributed by atoms with Gasteiger partial charge < -0.3 is 14.6 Å². The fraction of sp³-hybridized carbons (Fsp3) is 0.357. The Labute approximate surface area is 121 Å². The van der Waals surface area contributed by atoms with Crippen LogP contribution in [-0.2, 0) is 13.1 Å². The van der Waals surface area contributed by atoms with Crippen molar-refractivity contribution in [3.63, 3.8) is 0 Å². The van der Waals surface area contributed by atoms with Gasteiger partial charge in [0.15, 0.2) is 0 Å². The smallest absolute Gasteiger partial charge is 0.142 e. The topological polar surface area (TPSA) is 39.1 Å². The molecule has 0 bridgehead atoms. The SMILES string of the molecule is CCCn1cncc1CNc1cc(Br)ccc1OC. The van der Waals surface area contributed by atoms with E-state index in [4.69, 9.17) is 4.74 Å². The number of halogens is 1. The number of nitrogens with zero attached hydrogens (tertiary/aromatic N) is 2. The molecule has 0 aliphatic rings. The largest absolute Gasteiger partial charge is 0.495 e. The molecule has 2 rings (SSSR count). The van der Waals surface area contributed by atoms with E-state index in [1.165, 1.54) is 5.69 Å². The lowest BCUT2D eigenvalue weighted by atomic mass is 10.3. The zero-order chi connectivity index (χ0) is 13.7. The van der Waals surface area contributed by atoms with Crippen molar-refractivity contribution in [3.05, 3.63) is 40.9 Å². The quantitative estimate of drug-likeness (QED) is 0.881. The Morgan fingerprint density at radius 3 is 3.00 bits per heavy atom. The van der Waals surface area contributed by atoms with Crippen molar-refractivity contribution < 1.29 is 4.74 Å². The molecule has 0 radical (unpaired) electrons. The second kappa shape index (κ2) is 6.61. The average Bonchev–Trinajstić information content (AvgIpc) is 2.84. The van der Waals surface area contributed by atoms with E-state index in [1.807, 2.05) is 30.7 Å². The van der Waals surface area contributed by atoms with Crippen molar-refractivity contribution in [2.24, 2.45) is 0 Å². The molecule has 0 spiro atoms. The minimum Gasteiger partial charge on any atom is -0.495 e. The first-order valence-electron chi connectivity index (χ1n) is 6.31. The number of methoxy groups -OCH3 is 1. The fourth-order valence-electron chi connectivity index (χ4n) is 1.94. The van der Waals surface area contributed by atoms with Gasteiger partial charge in [-0.3, -0.25) is 0 Å². The van der Waals surface area contributed by atoms with Gasteiger partial charge in [0, 0.05) is 17.2 Å². The molecule has 1 heterocycles. The first-order valence-corrected chi connectivity index (χ1v) is 7.10. The Hall–Kier alpha value is -1.49. The lowest BCUT2D eigenvalue weighted by molar-refractivity contribution is 0.416. The molecule has 4 nitrogen and oxygen atoms in total. The highest BCUT2D eigenvalue weighted by Gasteiger charge is 2.05. The Morgan fingerprint density at radius 1 is 1.42 bits per heavy atom. The predicted molar refractivity (Wildman–Crippen MR) is 80.5 cm³/mol. The van der Waals surface area contributed by atoms with Gasteiger partial charge in [0.1, 0.15) is 5.75 Å². The molecule has 0 aliphatic heterocycles. The molecular weight excluding hydrogens is 306 g/mol. The van der Waals surface area contributed by atoms with Gasteiger partial charge in [0.25, 0.3) is 0 Å². The molecule has 1 N–H and O–H groups in total. The van der Waals surface area contributed by atoms with Gasteiger partial charge in [0.05, 0.1) is 31.4 Å². The van der Waals surface area contributed by atoms with E-state index < -0.39 is 0 Å². The molecule has 0 fully saturated rings. The van der Waals surface area contributed by atoms with Gasteiger partial charge in [-0.1, -0.05) is 22.9 Å². The summed E-state index contributed by atoms with van der Waals surface area (Å²) in [5.41, 5.74) is 2.14. The van der Waals surface area contributed by atoms with Gasteiger partial charge in [-0.25, -0.2) is 4.98 Å². The minimum absolute atomic E-state index is 0.729. The summed E-state index contributed by atoms with van der Waals surface area (Å²) < 4.78 is 8.53. The van der Waals surface area contributed by atoms with Crippen LogP contribution in [0, 0.1) is 0 Å². The average molecular weight is 324 g/mol. The van der Waals surface area contributed by atoms with E-state index >= 15 is 0 Å². The molecule has 1 aromatic heterocycles. The third-order valence-electron chi connectivity index (χ3n) is 2.88. The highest BCUT2D eigenvalue weighted by Crippen LogP contribution is 2.28. The van der Waals surface area contributed by atoms with Crippen molar-refractivity contribution in [2.45, 2.75) is 26.4 Å². The van der Waals surface area contributed by atoms with Crippen molar-refractivity contribution in [2.75, 3.05) is 12.4 Å². The van der Waals surface area contributed by atoms with E-state index in [-0.39, 0.29) is 0 Å². The number of hydrogen-bond donors (Lipinski definition) is 1. The molecule has 0 aliphatic carbocycles. The number of aromatic nitrogens is 2. The highest BCUT2D eigenvalue weighted by molar-refractivity contribution is 9.10. The Balaban J connectivity index is 2.09. The van der Waals surface area contributed by atoms with Crippen LogP contribution in [0.5, 0.6) is 5.75 Å².